The largest absolute Gasteiger partial charge is 0.381 e. The fraction of sp³-hybridized carbons (Fsp3) is 0.545. The van der Waals surface area contributed by atoms with E-state index in [0.29, 0.717) is 31.7 Å². The summed E-state index contributed by atoms with van der Waals surface area (Å²) in [6.07, 6.45) is 2.92. The normalized spacial score (nSPS) is 17.8. The zero-order valence-corrected chi connectivity index (χ0v) is 10.8. The van der Waals surface area contributed by atoms with E-state index in [0.717, 1.165) is 0 Å². The highest BCUT2D eigenvalue weighted by atomic mass is 32.2. The lowest BCUT2D eigenvalue weighted by molar-refractivity contribution is 0.0832. The van der Waals surface area contributed by atoms with Crippen LogP contribution in [-0.4, -0.2) is 32.7 Å². The Kier molecular flexibility index (Phi) is 4.28. The van der Waals surface area contributed by atoms with Gasteiger partial charge in [-0.25, -0.2) is 13.1 Å². The third-order valence-corrected chi connectivity index (χ3v) is 4.47. The molecule has 1 aliphatic rings. The maximum absolute atomic E-state index is 12.2. The van der Waals surface area contributed by atoms with E-state index in [1.54, 1.807) is 6.07 Å². The highest BCUT2D eigenvalue weighted by Gasteiger charge is 2.24. The van der Waals surface area contributed by atoms with Crippen LogP contribution in [0.5, 0.6) is 0 Å². The van der Waals surface area contributed by atoms with Crippen LogP contribution in [0.15, 0.2) is 23.2 Å². The average molecular weight is 271 g/mol. The number of sulfonamides is 1. The summed E-state index contributed by atoms with van der Waals surface area (Å²) in [5.74, 6) is 0. The van der Waals surface area contributed by atoms with Gasteiger partial charge in [0.2, 0.25) is 10.0 Å². The van der Waals surface area contributed by atoms with Gasteiger partial charge in [-0.3, -0.25) is 4.98 Å². The van der Waals surface area contributed by atoms with Gasteiger partial charge in [-0.15, -0.1) is 0 Å². The molecule has 18 heavy (non-hydrogen) atoms. The minimum Gasteiger partial charge on any atom is -0.381 e. The van der Waals surface area contributed by atoms with Gasteiger partial charge in [0.15, 0.2) is 0 Å². The van der Waals surface area contributed by atoms with Crippen molar-refractivity contribution < 1.29 is 13.2 Å². The lowest BCUT2D eigenvalue weighted by Crippen LogP contribution is -2.39. The van der Waals surface area contributed by atoms with Crippen molar-refractivity contribution in [3.63, 3.8) is 0 Å². The number of aromatic nitrogens is 1. The quantitative estimate of drug-likeness (QED) is 0.803. The van der Waals surface area contributed by atoms with Gasteiger partial charge in [-0.1, -0.05) is 0 Å². The first-order valence-corrected chi connectivity index (χ1v) is 7.36. The van der Waals surface area contributed by atoms with Crippen LogP contribution in [0, 0.1) is 0 Å². The smallest absolute Gasteiger partial charge is 0.242 e. The molecular formula is C11H17N3O3S. The van der Waals surface area contributed by atoms with E-state index in [2.05, 4.69) is 9.71 Å². The van der Waals surface area contributed by atoms with Crippen molar-refractivity contribution >= 4 is 10.0 Å². The van der Waals surface area contributed by atoms with E-state index in [9.17, 15) is 8.42 Å². The Labute approximate surface area is 107 Å². The summed E-state index contributed by atoms with van der Waals surface area (Å²) in [6.45, 7) is 1.28. The first kappa shape index (κ1) is 13.4. The van der Waals surface area contributed by atoms with Gasteiger partial charge in [0.05, 0.1) is 5.69 Å². The summed E-state index contributed by atoms with van der Waals surface area (Å²) in [7, 11) is -3.55. The number of nitrogens with one attached hydrogen (secondary N) is 1. The molecule has 0 aliphatic carbocycles. The molecule has 0 spiro atoms. The van der Waals surface area contributed by atoms with Crippen molar-refractivity contribution in [2.75, 3.05) is 13.2 Å². The van der Waals surface area contributed by atoms with Gasteiger partial charge in [0.1, 0.15) is 4.90 Å². The molecule has 1 fully saturated rings. The lowest BCUT2D eigenvalue weighted by atomic mass is 10.1. The fourth-order valence-corrected chi connectivity index (χ4v) is 3.43. The monoisotopic (exact) mass is 271 g/mol. The first-order valence-electron chi connectivity index (χ1n) is 5.87. The molecular weight excluding hydrogens is 254 g/mol. The molecule has 2 heterocycles. The Balaban J connectivity index is 2.19. The topological polar surface area (TPSA) is 94.3 Å². The van der Waals surface area contributed by atoms with Gasteiger partial charge < -0.3 is 10.5 Å². The molecule has 100 valence electrons. The van der Waals surface area contributed by atoms with Crippen molar-refractivity contribution in [3.8, 4) is 0 Å². The van der Waals surface area contributed by atoms with Crippen LogP contribution < -0.4 is 10.5 Å². The van der Waals surface area contributed by atoms with E-state index in [4.69, 9.17) is 10.5 Å². The maximum Gasteiger partial charge on any atom is 0.242 e. The predicted octanol–water partition coefficient (Wildman–Crippen LogP) is -0.00240. The number of hydrogen-bond acceptors (Lipinski definition) is 5. The molecule has 0 saturated carbocycles. The van der Waals surface area contributed by atoms with Gasteiger partial charge in [0.25, 0.3) is 0 Å². The number of pyridine rings is 1. The minimum atomic E-state index is -3.55. The molecule has 0 atom stereocenters. The Morgan fingerprint density at radius 2 is 2.17 bits per heavy atom. The van der Waals surface area contributed by atoms with Crippen molar-refractivity contribution in [2.24, 2.45) is 5.73 Å². The second-order valence-corrected chi connectivity index (χ2v) is 5.84. The van der Waals surface area contributed by atoms with Crippen molar-refractivity contribution in [3.05, 3.63) is 24.0 Å². The molecule has 2 rings (SSSR count). The highest BCUT2D eigenvalue weighted by Crippen LogP contribution is 2.15. The van der Waals surface area contributed by atoms with Crippen LogP contribution in [0.4, 0.5) is 0 Å². The number of nitrogens with two attached hydrogens (primary N) is 1. The summed E-state index contributed by atoms with van der Waals surface area (Å²) in [6, 6.07) is 3.05. The van der Waals surface area contributed by atoms with Gasteiger partial charge in [0, 0.05) is 32.0 Å². The molecule has 0 amide bonds. The van der Waals surface area contributed by atoms with Gasteiger partial charge in [-0.05, 0) is 25.0 Å². The fourth-order valence-electron chi connectivity index (χ4n) is 1.92. The summed E-state index contributed by atoms with van der Waals surface area (Å²) in [5.41, 5.74) is 5.89. The van der Waals surface area contributed by atoms with Crippen molar-refractivity contribution in [1.29, 1.82) is 0 Å². The molecule has 1 saturated heterocycles. The maximum atomic E-state index is 12.2. The number of ether oxygens (including phenoxy) is 1. The van der Waals surface area contributed by atoms with Crippen molar-refractivity contribution in [2.45, 2.75) is 30.3 Å². The summed E-state index contributed by atoms with van der Waals surface area (Å²) in [4.78, 5) is 4.15. The Morgan fingerprint density at radius 1 is 1.44 bits per heavy atom. The van der Waals surface area contributed by atoms with Crippen LogP contribution in [0.25, 0.3) is 0 Å². The van der Waals surface area contributed by atoms with Gasteiger partial charge in [-0.2, -0.15) is 0 Å². The minimum absolute atomic E-state index is 0.0745. The Hall–Kier alpha value is -1.02. The second-order valence-electron chi connectivity index (χ2n) is 4.16. The van der Waals surface area contributed by atoms with E-state index < -0.39 is 10.0 Å². The number of rotatable bonds is 4. The molecule has 1 aromatic heterocycles. The number of hydrogen-bond donors (Lipinski definition) is 2. The molecule has 1 aliphatic heterocycles. The zero-order valence-electron chi connectivity index (χ0n) is 10.0. The Bertz CT molecular complexity index is 498. The molecule has 0 bridgehead atoms. The van der Waals surface area contributed by atoms with Crippen LogP contribution in [0.3, 0.4) is 0 Å². The molecule has 0 radical (unpaired) electrons. The average Bonchev–Trinajstić information content (AvgIpc) is 2.39. The van der Waals surface area contributed by atoms with Crippen molar-refractivity contribution in [1.82, 2.24) is 9.71 Å². The SMILES string of the molecule is NCc1ncccc1S(=O)(=O)NC1CCOCC1. The van der Waals surface area contributed by atoms with Crippen LogP contribution in [-0.2, 0) is 21.3 Å². The van der Waals surface area contributed by atoms with Crippen LogP contribution in [0.1, 0.15) is 18.5 Å². The van der Waals surface area contributed by atoms with E-state index >= 15 is 0 Å². The summed E-state index contributed by atoms with van der Waals surface area (Å²) >= 11 is 0. The molecule has 1 aromatic rings. The molecule has 3 N–H and O–H groups in total. The Morgan fingerprint density at radius 3 is 2.83 bits per heavy atom. The van der Waals surface area contributed by atoms with Crippen LogP contribution >= 0.6 is 0 Å². The third-order valence-electron chi connectivity index (χ3n) is 2.87. The molecule has 6 nitrogen and oxygen atoms in total. The lowest BCUT2D eigenvalue weighted by Gasteiger charge is -2.23. The highest BCUT2D eigenvalue weighted by molar-refractivity contribution is 7.89. The van der Waals surface area contributed by atoms with Crippen LogP contribution in [0.2, 0.25) is 0 Å². The summed E-state index contributed by atoms with van der Waals surface area (Å²) in [5, 5.41) is 0. The van der Waals surface area contributed by atoms with Gasteiger partial charge >= 0.3 is 0 Å². The molecule has 7 heteroatoms. The standard InChI is InChI=1S/C11H17N3O3S/c12-8-10-11(2-1-5-13-10)18(15,16)14-9-3-6-17-7-4-9/h1-2,5,9,14H,3-4,6-8,12H2. The van der Waals surface area contributed by atoms with E-state index in [1.807, 2.05) is 0 Å². The zero-order chi connectivity index (χ0) is 13.0. The third kappa shape index (κ3) is 3.05. The predicted molar refractivity (Wildman–Crippen MR) is 66.3 cm³/mol. The molecule has 0 unspecified atom stereocenters. The van der Waals surface area contributed by atoms with E-state index in [-0.39, 0.29) is 17.5 Å². The molecule has 0 aromatic carbocycles. The number of nitrogens with zero attached hydrogens (tertiary/aromatic N) is 1. The van der Waals surface area contributed by atoms with E-state index in [1.165, 1.54) is 12.3 Å². The second kappa shape index (κ2) is 5.75. The first-order chi connectivity index (χ1) is 8.63. The summed E-state index contributed by atoms with van der Waals surface area (Å²) < 4.78 is 32.3.